The van der Waals surface area contributed by atoms with E-state index in [1.807, 2.05) is 12.2 Å². The monoisotopic (exact) mass is 734 g/mol. The molecule has 1 N–H and O–H groups in total. The van der Waals surface area contributed by atoms with Gasteiger partial charge in [-0.1, -0.05) is 149 Å². The lowest BCUT2D eigenvalue weighted by Crippen LogP contribution is -2.36. The van der Waals surface area contributed by atoms with Gasteiger partial charge in [0.1, 0.15) is 11.5 Å². The molecule has 0 spiro atoms. The van der Waals surface area contributed by atoms with Crippen LogP contribution in [0.5, 0.6) is 0 Å². The molecule has 11 heteroatoms. The Bertz CT molecular complexity index is 1470. The Morgan fingerprint density at radius 1 is 0.771 bits per heavy atom. The number of carbonyl (C=O) groups excluding carboxylic acids is 3. The number of allylic oxidation sites excluding steroid dienone is 1. The van der Waals surface area contributed by atoms with Crippen LogP contribution in [0.4, 0.5) is 17.1 Å². The van der Waals surface area contributed by atoms with E-state index in [0.717, 1.165) is 12.8 Å². The van der Waals surface area contributed by atoms with Gasteiger partial charge >= 0.3 is 0 Å². The lowest BCUT2D eigenvalue weighted by Gasteiger charge is -2.19. The van der Waals surface area contributed by atoms with E-state index in [0.29, 0.717) is 27.3 Å². The van der Waals surface area contributed by atoms with Crippen LogP contribution in [0.2, 0.25) is 20.1 Å². The molecule has 0 radical (unpaired) electrons. The largest absolute Gasteiger partial charge is 0.277 e. The zero-order valence-electron chi connectivity index (χ0n) is 27.7. The quantitative estimate of drug-likeness (QED) is 0.0884. The number of halogens is 4. The second kappa shape index (κ2) is 19.6. The molecule has 2 heterocycles. The van der Waals surface area contributed by atoms with Gasteiger partial charge in [-0.25, -0.2) is 14.9 Å². The van der Waals surface area contributed by atoms with Crippen LogP contribution in [-0.4, -0.2) is 23.6 Å². The number of imide groups is 1. The van der Waals surface area contributed by atoms with Crippen molar-refractivity contribution in [3.63, 3.8) is 0 Å². The third kappa shape index (κ3) is 11.0. The van der Waals surface area contributed by atoms with Gasteiger partial charge in [0.25, 0.3) is 5.91 Å². The first-order valence-electron chi connectivity index (χ1n) is 17.3. The fourth-order valence-corrected chi connectivity index (χ4v) is 7.26. The Morgan fingerprint density at radius 3 is 1.96 bits per heavy atom. The molecule has 7 nitrogen and oxygen atoms in total. The molecule has 0 saturated carbocycles. The summed E-state index contributed by atoms with van der Waals surface area (Å²) in [7, 11) is 0. The van der Waals surface area contributed by atoms with E-state index in [9.17, 15) is 14.4 Å². The van der Waals surface area contributed by atoms with Gasteiger partial charge in [-0.2, -0.15) is 0 Å². The first-order chi connectivity index (χ1) is 23.2. The van der Waals surface area contributed by atoms with E-state index in [1.165, 1.54) is 106 Å². The summed E-state index contributed by atoms with van der Waals surface area (Å²) in [5.41, 5.74) is 3.86. The van der Waals surface area contributed by atoms with Crippen molar-refractivity contribution < 1.29 is 14.4 Å². The van der Waals surface area contributed by atoms with Crippen LogP contribution in [-0.2, 0) is 14.4 Å². The van der Waals surface area contributed by atoms with E-state index >= 15 is 0 Å². The molecule has 0 aliphatic carbocycles. The van der Waals surface area contributed by atoms with Gasteiger partial charge in [0.05, 0.1) is 38.8 Å². The van der Waals surface area contributed by atoms with Gasteiger partial charge < -0.3 is 0 Å². The molecule has 0 unspecified atom stereocenters. The number of hydrogen-bond acceptors (Lipinski definition) is 4. The molecule has 0 bridgehead atoms. The van der Waals surface area contributed by atoms with Gasteiger partial charge in [0.2, 0.25) is 11.8 Å². The summed E-state index contributed by atoms with van der Waals surface area (Å²) < 4.78 is 0. The van der Waals surface area contributed by atoms with Gasteiger partial charge in [-0.3, -0.25) is 19.8 Å². The molecular formula is C37H46Cl4N4O3. The Kier molecular flexibility index (Phi) is 15.6. The number of nitrogens with zero attached hydrogens (tertiary/aromatic N) is 3. The second-order valence-corrected chi connectivity index (χ2v) is 14.3. The maximum atomic E-state index is 13.3. The predicted octanol–water partition coefficient (Wildman–Crippen LogP) is 11.6. The second-order valence-electron chi connectivity index (χ2n) is 12.6. The van der Waals surface area contributed by atoms with Crippen LogP contribution in [0, 0.1) is 5.92 Å². The van der Waals surface area contributed by atoms with Gasteiger partial charge in [0.15, 0.2) is 0 Å². The van der Waals surface area contributed by atoms with Gasteiger partial charge in [-0.05, 0) is 43.2 Å². The number of anilines is 2. The normalized spacial score (nSPS) is 17.5. The van der Waals surface area contributed by atoms with Crippen molar-refractivity contribution >= 4 is 87.0 Å². The molecule has 48 heavy (non-hydrogen) atoms. The van der Waals surface area contributed by atoms with E-state index in [4.69, 9.17) is 46.4 Å². The Labute approximate surface area is 305 Å². The van der Waals surface area contributed by atoms with E-state index in [1.54, 1.807) is 18.2 Å². The van der Waals surface area contributed by atoms with E-state index < -0.39 is 5.92 Å². The average molecular weight is 737 g/mol. The predicted molar refractivity (Wildman–Crippen MR) is 200 cm³/mol. The number of amides is 3. The lowest BCUT2D eigenvalue weighted by atomic mass is 10.0. The third-order valence-electron chi connectivity index (χ3n) is 8.73. The summed E-state index contributed by atoms with van der Waals surface area (Å²) in [6.45, 7) is 2.26. The van der Waals surface area contributed by atoms with Crippen molar-refractivity contribution in [3.05, 3.63) is 62.6 Å². The molecule has 0 aromatic heterocycles. The number of aliphatic imine (C=N–C) groups is 1. The molecule has 4 rings (SSSR count). The highest BCUT2D eigenvalue weighted by Gasteiger charge is 2.38. The molecule has 2 fully saturated rings. The standard InChI is InChI=1S/C37H46Cl4N4O3/c1-2-3-4-5-6-7-8-9-10-11-12-13-14-15-16-17-18-26-21-34(46)44(37(26)48)28-19-20-29(39)32(24-28)42-33-25-35(47)45(43-33)36-30(40)22-27(38)23-31(36)41/h17-20,22-24,26H,2-16,21,25H2,1H3,(H,42,43)/b18-17+/t26-/m0/s1. The zero-order chi connectivity index (χ0) is 34.5. The zero-order valence-corrected chi connectivity index (χ0v) is 30.7. The molecule has 260 valence electrons. The highest BCUT2D eigenvalue weighted by molar-refractivity contribution is 6.42. The fourth-order valence-electron chi connectivity index (χ4n) is 6.11. The lowest BCUT2D eigenvalue weighted by molar-refractivity contribution is -0.122. The molecule has 1 atom stereocenters. The number of nitrogens with one attached hydrogen (secondary N) is 1. The molecule has 2 aromatic rings. The Hall–Kier alpha value is -2.58. The number of carbonyl (C=O) groups is 3. The summed E-state index contributed by atoms with van der Waals surface area (Å²) in [6, 6.07) is 7.75. The summed E-state index contributed by atoms with van der Waals surface area (Å²) in [5, 5.41) is 2.24. The van der Waals surface area contributed by atoms with Crippen LogP contribution < -0.4 is 15.3 Å². The fraction of sp³-hybridized carbons (Fsp3) is 0.514. The van der Waals surface area contributed by atoms with Crippen molar-refractivity contribution in [1.29, 1.82) is 0 Å². The van der Waals surface area contributed by atoms with Crippen molar-refractivity contribution in [2.75, 3.05) is 9.91 Å². The number of benzene rings is 2. The van der Waals surface area contributed by atoms with E-state index in [2.05, 4.69) is 17.3 Å². The summed E-state index contributed by atoms with van der Waals surface area (Å²) >= 11 is 25.1. The molecule has 2 aliphatic rings. The first-order valence-corrected chi connectivity index (χ1v) is 18.9. The molecular weight excluding hydrogens is 690 g/mol. The number of unbranched alkanes of at least 4 members (excludes halogenated alkanes) is 14. The van der Waals surface area contributed by atoms with Gasteiger partial charge in [-0.15, -0.1) is 0 Å². The van der Waals surface area contributed by atoms with Crippen LogP contribution in [0.3, 0.4) is 0 Å². The van der Waals surface area contributed by atoms with Crippen molar-refractivity contribution in [2.45, 2.75) is 116 Å². The SMILES string of the molecule is CCCCCCCCCCCCCCCC/C=C/[C@H]1CC(=O)N(c2ccc(Cl)c(N=C3CC(=O)N(c4c(Cl)cc(Cl)cc4Cl)N3)c2)C1=O. The topological polar surface area (TPSA) is 82.1 Å². The third-order valence-corrected chi connectivity index (χ3v) is 9.85. The van der Waals surface area contributed by atoms with Gasteiger partial charge in [0, 0.05) is 11.4 Å². The average Bonchev–Trinajstić information content (AvgIpc) is 3.54. The van der Waals surface area contributed by atoms with Crippen molar-refractivity contribution in [1.82, 2.24) is 5.43 Å². The number of hydrazine groups is 1. The van der Waals surface area contributed by atoms with Crippen LogP contribution in [0.1, 0.15) is 116 Å². The molecule has 2 aromatic carbocycles. The minimum Gasteiger partial charge on any atom is -0.277 e. The minimum atomic E-state index is -0.494. The van der Waals surface area contributed by atoms with Crippen LogP contribution in [0.15, 0.2) is 47.5 Å². The number of hydrogen-bond donors (Lipinski definition) is 1. The minimum absolute atomic E-state index is 0.0659. The molecule has 2 saturated heterocycles. The molecule has 3 amide bonds. The van der Waals surface area contributed by atoms with E-state index in [-0.39, 0.29) is 46.3 Å². The maximum absolute atomic E-state index is 13.3. The first kappa shape index (κ1) is 38.2. The van der Waals surface area contributed by atoms with Crippen LogP contribution in [0.25, 0.3) is 0 Å². The van der Waals surface area contributed by atoms with Crippen molar-refractivity contribution in [3.8, 4) is 0 Å². The smallest absolute Gasteiger partial charge is 0.253 e. The highest BCUT2D eigenvalue weighted by atomic mass is 35.5. The molecule has 2 aliphatic heterocycles. The number of amidine groups is 1. The maximum Gasteiger partial charge on any atom is 0.253 e. The Balaban J connectivity index is 1.22. The summed E-state index contributed by atoms with van der Waals surface area (Å²) in [4.78, 5) is 44.7. The summed E-state index contributed by atoms with van der Waals surface area (Å²) in [5.74, 6) is -1.08. The summed E-state index contributed by atoms with van der Waals surface area (Å²) in [6.07, 6.45) is 23.3. The van der Waals surface area contributed by atoms with Crippen LogP contribution >= 0.6 is 46.4 Å². The Morgan fingerprint density at radius 2 is 1.35 bits per heavy atom. The number of rotatable bonds is 19. The highest BCUT2D eigenvalue weighted by Crippen LogP contribution is 2.38. The van der Waals surface area contributed by atoms with Crippen molar-refractivity contribution in [2.24, 2.45) is 10.9 Å².